The highest BCUT2D eigenvalue weighted by Crippen LogP contribution is 2.19. The number of anilines is 1. The highest BCUT2D eigenvalue weighted by molar-refractivity contribution is 14.0. The van der Waals surface area contributed by atoms with Crippen LogP contribution < -0.4 is 10.6 Å². The summed E-state index contributed by atoms with van der Waals surface area (Å²) in [7, 11) is 3.75. The lowest BCUT2D eigenvalue weighted by Gasteiger charge is -2.22. The number of aryl methyl sites for hydroxylation is 1. The van der Waals surface area contributed by atoms with Crippen molar-refractivity contribution in [1.82, 2.24) is 14.8 Å². The quantitative estimate of drug-likeness (QED) is 0.273. The zero-order chi connectivity index (χ0) is 20.0. The number of nitrogens with one attached hydrogen (secondary N) is 2. The summed E-state index contributed by atoms with van der Waals surface area (Å²) in [4.78, 5) is 18.1. The van der Waals surface area contributed by atoms with Gasteiger partial charge in [0, 0.05) is 32.5 Å². The molecule has 1 amide bonds. The number of nitrogens with zero attached hydrogens (tertiary/aromatic N) is 3. The van der Waals surface area contributed by atoms with E-state index in [9.17, 15) is 18.0 Å². The van der Waals surface area contributed by atoms with E-state index in [4.69, 9.17) is 0 Å². The molecule has 2 aromatic rings. The van der Waals surface area contributed by atoms with E-state index in [1.165, 1.54) is 0 Å². The summed E-state index contributed by atoms with van der Waals surface area (Å²) in [5.74, 6) is -4.56. The number of hydrogen-bond acceptors (Lipinski definition) is 2. The number of aromatic nitrogens is 1. The smallest absolute Gasteiger partial charge is 0.246 e. The topological polar surface area (TPSA) is 61.7 Å². The Kier molecular flexibility index (Phi) is 9.29. The summed E-state index contributed by atoms with van der Waals surface area (Å²) in [5.41, 5.74) is 0.618. The predicted octanol–water partition coefficient (Wildman–Crippen LogP) is 3.10. The zero-order valence-corrected chi connectivity index (χ0v) is 18.1. The average molecular weight is 509 g/mol. The lowest BCUT2D eigenvalue weighted by molar-refractivity contribution is -0.114. The first-order chi connectivity index (χ1) is 12.8. The Morgan fingerprint density at radius 2 is 1.93 bits per heavy atom. The van der Waals surface area contributed by atoms with Gasteiger partial charge in [-0.2, -0.15) is 0 Å². The first kappa shape index (κ1) is 23.8. The van der Waals surface area contributed by atoms with Crippen molar-refractivity contribution in [2.75, 3.05) is 25.5 Å². The summed E-state index contributed by atoms with van der Waals surface area (Å²) >= 11 is 0. The molecule has 0 saturated carbocycles. The molecule has 154 valence electrons. The minimum Gasteiger partial charge on any atom is -0.357 e. The Morgan fingerprint density at radius 1 is 1.21 bits per heavy atom. The van der Waals surface area contributed by atoms with Gasteiger partial charge in [0.1, 0.15) is 6.54 Å². The first-order valence-electron chi connectivity index (χ1n) is 8.36. The SMILES string of the molecule is CCNC(=NCC(=O)Nc1ccc(F)c(F)c1F)N(C)Cc1cccn1C.I. The fraction of sp³-hybridized carbons (Fsp3) is 0.333. The summed E-state index contributed by atoms with van der Waals surface area (Å²) in [6, 6.07) is 5.60. The van der Waals surface area contributed by atoms with Crippen LogP contribution in [0.1, 0.15) is 12.6 Å². The Hall–Kier alpha value is -2.24. The third-order valence-electron chi connectivity index (χ3n) is 3.83. The van der Waals surface area contributed by atoms with Gasteiger partial charge in [-0.3, -0.25) is 4.79 Å². The molecule has 0 atom stereocenters. The van der Waals surface area contributed by atoms with Crippen LogP contribution in [-0.4, -0.2) is 41.5 Å². The van der Waals surface area contributed by atoms with Crippen LogP contribution in [0, 0.1) is 17.5 Å². The van der Waals surface area contributed by atoms with Crippen LogP contribution in [0.3, 0.4) is 0 Å². The van der Waals surface area contributed by atoms with Crippen molar-refractivity contribution in [1.29, 1.82) is 0 Å². The van der Waals surface area contributed by atoms with E-state index in [0.29, 0.717) is 19.0 Å². The highest BCUT2D eigenvalue weighted by Gasteiger charge is 2.15. The third kappa shape index (κ3) is 6.14. The fourth-order valence-electron chi connectivity index (χ4n) is 2.41. The molecule has 0 spiro atoms. The molecule has 2 N–H and O–H groups in total. The maximum atomic E-state index is 13.6. The predicted molar refractivity (Wildman–Crippen MR) is 113 cm³/mol. The van der Waals surface area contributed by atoms with E-state index in [2.05, 4.69) is 15.6 Å². The minimum absolute atomic E-state index is 0. The van der Waals surface area contributed by atoms with Crippen LogP contribution in [0.5, 0.6) is 0 Å². The largest absolute Gasteiger partial charge is 0.357 e. The second-order valence-electron chi connectivity index (χ2n) is 5.91. The molecule has 0 unspecified atom stereocenters. The molecule has 0 bridgehead atoms. The summed E-state index contributed by atoms with van der Waals surface area (Å²) in [6.07, 6.45) is 1.93. The minimum atomic E-state index is -1.63. The van der Waals surface area contributed by atoms with E-state index in [-0.39, 0.29) is 30.5 Å². The number of carbonyl (C=O) groups is 1. The molecule has 6 nitrogen and oxygen atoms in total. The fourth-order valence-corrected chi connectivity index (χ4v) is 2.41. The van der Waals surface area contributed by atoms with Gasteiger partial charge in [0.25, 0.3) is 0 Å². The molecule has 0 aliphatic carbocycles. The van der Waals surface area contributed by atoms with Gasteiger partial charge in [-0.1, -0.05) is 0 Å². The molecular formula is C18H23F3IN5O. The molecule has 0 aliphatic rings. The lowest BCUT2D eigenvalue weighted by Crippen LogP contribution is -2.39. The van der Waals surface area contributed by atoms with Crippen molar-refractivity contribution in [2.45, 2.75) is 13.5 Å². The van der Waals surface area contributed by atoms with E-state index in [0.717, 1.165) is 17.8 Å². The molecule has 1 heterocycles. The number of guanidine groups is 1. The Bertz CT molecular complexity index is 841. The standard InChI is InChI=1S/C18H22F3N5O.HI/c1-4-22-18(26(3)11-12-6-5-9-25(12)2)23-10-15(27)24-14-8-7-13(19)16(20)17(14)21;/h5-9H,4,10-11H2,1-3H3,(H,22,23)(H,24,27);1H. The Labute approximate surface area is 178 Å². The molecule has 0 aliphatic heterocycles. The van der Waals surface area contributed by atoms with Crippen LogP contribution in [0.4, 0.5) is 18.9 Å². The maximum Gasteiger partial charge on any atom is 0.246 e. The van der Waals surface area contributed by atoms with Gasteiger partial charge in [-0.15, -0.1) is 24.0 Å². The number of aliphatic imine (C=N–C) groups is 1. The van der Waals surface area contributed by atoms with Crippen molar-refractivity contribution in [3.05, 3.63) is 53.6 Å². The maximum absolute atomic E-state index is 13.6. The Balaban J connectivity index is 0.00000392. The summed E-state index contributed by atoms with van der Waals surface area (Å²) in [6.45, 7) is 2.74. The van der Waals surface area contributed by atoms with Crippen LogP contribution in [0.2, 0.25) is 0 Å². The van der Waals surface area contributed by atoms with Crippen molar-refractivity contribution < 1.29 is 18.0 Å². The molecule has 1 aromatic carbocycles. The molecule has 10 heteroatoms. The van der Waals surface area contributed by atoms with Gasteiger partial charge >= 0.3 is 0 Å². The summed E-state index contributed by atoms with van der Waals surface area (Å²) in [5, 5.41) is 5.26. The highest BCUT2D eigenvalue weighted by atomic mass is 127. The van der Waals surface area contributed by atoms with E-state index < -0.39 is 29.0 Å². The molecular weight excluding hydrogens is 486 g/mol. The van der Waals surface area contributed by atoms with Crippen molar-refractivity contribution in [3.8, 4) is 0 Å². The molecule has 0 saturated heterocycles. The molecule has 0 radical (unpaired) electrons. The van der Waals surface area contributed by atoms with E-state index in [1.807, 2.05) is 48.8 Å². The number of hydrogen-bond donors (Lipinski definition) is 2. The number of carbonyl (C=O) groups excluding carboxylic acids is 1. The second kappa shape index (κ2) is 10.9. The molecule has 28 heavy (non-hydrogen) atoms. The van der Waals surface area contributed by atoms with Crippen LogP contribution in [0.25, 0.3) is 0 Å². The van der Waals surface area contributed by atoms with Gasteiger partial charge in [-0.25, -0.2) is 18.2 Å². The van der Waals surface area contributed by atoms with Gasteiger partial charge in [0.2, 0.25) is 5.91 Å². The lowest BCUT2D eigenvalue weighted by atomic mass is 10.3. The second-order valence-corrected chi connectivity index (χ2v) is 5.91. The van der Waals surface area contributed by atoms with E-state index >= 15 is 0 Å². The Morgan fingerprint density at radius 3 is 2.54 bits per heavy atom. The third-order valence-corrected chi connectivity index (χ3v) is 3.83. The molecule has 0 fully saturated rings. The zero-order valence-electron chi connectivity index (χ0n) is 15.8. The van der Waals surface area contributed by atoms with Crippen molar-refractivity contribution in [2.24, 2.45) is 12.0 Å². The van der Waals surface area contributed by atoms with Gasteiger partial charge < -0.3 is 20.1 Å². The van der Waals surface area contributed by atoms with Crippen LogP contribution >= 0.6 is 24.0 Å². The number of amides is 1. The van der Waals surface area contributed by atoms with Crippen LogP contribution in [-0.2, 0) is 18.4 Å². The number of halogens is 4. The first-order valence-corrected chi connectivity index (χ1v) is 8.36. The molecule has 1 aromatic heterocycles. The molecule has 2 rings (SSSR count). The van der Waals surface area contributed by atoms with Gasteiger partial charge in [-0.05, 0) is 31.2 Å². The summed E-state index contributed by atoms with van der Waals surface area (Å²) < 4.78 is 41.8. The normalized spacial score (nSPS) is 11.0. The monoisotopic (exact) mass is 509 g/mol. The van der Waals surface area contributed by atoms with E-state index in [1.54, 1.807) is 0 Å². The van der Waals surface area contributed by atoms with Crippen LogP contribution in [0.15, 0.2) is 35.5 Å². The number of rotatable bonds is 6. The van der Waals surface area contributed by atoms with Crippen molar-refractivity contribution in [3.63, 3.8) is 0 Å². The average Bonchev–Trinajstić information content (AvgIpc) is 3.03. The van der Waals surface area contributed by atoms with Gasteiger partial charge in [0.15, 0.2) is 23.4 Å². The number of benzene rings is 1. The van der Waals surface area contributed by atoms with Gasteiger partial charge in [0.05, 0.1) is 12.2 Å². The van der Waals surface area contributed by atoms with Crippen molar-refractivity contribution >= 4 is 41.5 Å².